The summed E-state index contributed by atoms with van der Waals surface area (Å²) in [5.74, 6) is 0. The number of allylic oxidation sites excluding steroid dienone is 4. The maximum Gasteiger partial charge on any atom is -0.0132 e. The molecule has 2 rings (SSSR count). The molecule has 0 heteroatoms. The second-order valence-corrected chi connectivity index (χ2v) is 7.95. The molecule has 0 N–H and O–H groups in total. The molecule has 0 saturated carbocycles. The van der Waals surface area contributed by atoms with E-state index in [1.165, 1.54) is 28.7 Å². The third-order valence-corrected chi connectivity index (χ3v) is 4.10. The molecule has 1 aromatic carbocycles. The molecule has 20 heavy (non-hydrogen) atoms. The summed E-state index contributed by atoms with van der Waals surface area (Å²) in [6.45, 7) is 13.7. The van der Waals surface area contributed by atoms with E-state index in [0.29, 0.717) is 0 Å². The Bertz CT molecular complexity index is 525. The largest absolute Gasteiger partial charge is 0.0804 e. The van der Waals surface area contributed by atoms with E-state index in [2.05, 4.69) is 78.0 Å². The average Bonchev–Trinajstić information content (AvgIpc) is 2.37. The van der Waals surface area contributed by atoms with Gasteiger partial charge in [0, 0.05) is 0 Å². The Kier molecular flexibility index (Phi) is 3.95. The van der Waals surface area contributed by atoms with Gasteiger partial charge >= 0.3 is 0 Å². The molecule has 0 atom stereocenters. The SMILES string of the molecule is CC(C)(C)C1=CCCC(c2ccc(C(C)(C)C)cc2)=C1. The Morgan fingerprint density at radius 1 is 0.800 bits per heavy atom. The van der Waals surface area contributed by atoms with Crippen molar-refractivity contribution in [2.45, 2.75) is 59.8 Å². The highest BCUT2D eigenvalue weighted by atomic mass is 14.2. The quantitative estimate of drug-likeness (QED) is 0.574. The number of benzene rings is 1. The van der Waals surface area contributed by atoms with Crippen LogP contribution in [-0.2, 0) is 5.41 Å². The highest BCUT2D eigenvalue weighted by Gasteiger charge is 2.19. The molecule has 0 fully saturated rings. The average molecular weight is 268 g/mol. The van der Waals surface area contributed by atoms with E-state index in [1.807, 2.05) is 0 Å². The van der Waals surface area contributed by atoms with Gasteiger partial charge in [0.15, 0.2) is 0 Å². The van der Waals surface area contributed by atoms with E-state index in [4.69, 9.17) is 0 Å². The molecule has 0 nitrogen and oxygen atoms in total. The van der Waals surface area contributed by atoms with Crippen LogP contribution >= 0.6 is 0 Å². The first-order valence-corrected chi connectivity index (χ1v) is 7.70. The Morgan fingerprint density at radius 2 is 1.40 bits per heavy atom. The molecule has 1 aliphatic rings. The van der Waals surface area contributed by atoms with Crippen LogP contribution in [0.1, 0.15) is 65.5 Å². The first kappa shape index (κ1) is 15.1. The minimum atomic E-state index is 0.232. The summed E-state index contributed by atoms with van der Waals surface area (Å²) in [6, 6.07) is 9.15. The number of rotatable bonds is 1. The van der Waals surface area contributed by atoms with Crippen molar-refractivity contribution in [1.29, 1.82) is 0 Å². The van der Waals surface area contributed by atoms with Crippen molar-refractivity contribution >= 4 is 5.57 Å². The van der Waals surface area contributed by atoms with Crippen LogP contribution in [0, 0.1) is 5.41 Å². The minimum Gasteiger partial charge on any atom is -0.0804 e. The second kappa shape index (κ2) is 5.24. The summed E-state index contributed by atoms with van der Waals surface area (Å²) in [5, 5.41) is 0. The van der Waals surface area contributed by atoms with Gasteiger partial charge in [-0.3, -0.25) is 0 Å². The zero-order valence-corrected chi connectivity index (χ0v) is 13.9. The van der Waals surface area contributed by atoms with Gasteiger partial charge in [0.2, 0.25) is 0 Å². The summed E-state index contributed by atoms with van der Waals surface area (Å²) < 4.78 is 0. The van der Waals surface area contributed by atoms with Crippen LogP contribution in [0.4, 0.5) is 0 Å². The zero-order chi connectivity index (χ0) is 15.0. The smallest absolute Gasteiger partial charge is 0.0132 e. The lowest BCUT2D eigenvalue weighted by atomic mass is 9.80. The molecule has 1 aromatic rings. The van der Waals surface area contributed by atoms with Gasteiger partial charge in [-0.15, -0.1) is 0 Å². The van der Waals surface area contributed by atoms with Gasteiger partial charge in [-0.25, -0.2) is 0 Å². The lowest BCUT2D eigenvalue weighted by Crippen LogP contribution is -2.11. The molecule has 0 aromatic heterocycles. The first-order valence-electron chi connectivity index (χ1n) is 7.70. The molecule has 0 heterocycles. The zero-order valence-electron chi connectivity index (χ0n) is 13.9. The highest BCUT2D eigenvalue weighted by Crippen LogP contribution is 2.35. The molecule has 0 unspecified atom stereocenters. The van der Waals surface area contributed by atoms with E-state index in [9.17, 15) is 0 Å². The van der Waals surface area contributed by atoms with Crippen molar-refractivity contribution in [2.24, 2.45) is 5.41 Å². The van der Waals surface area contributed by atoms with Crippen LogP contribution in [0.3, 0.4) is 0 Å². The summed E-state index contributed by atoms with van der Waals surface area (Å²) in [5.41, 5.74) is 6.22. The van der Waals surface area contributed by atoms with Crippen LogP contribution in [0.5, 0.6) is 0 Å². The van der Waals surface area contributed by atoms with Crippen molar-refractivity contribution in [3.8, 4) is 0 Å². The predicted octanol–water partition coefficient (Wildman–Crippen LogP) is 6.13. The standard InChI is InChI=1S/C20H28/c1-19(2,3)17-12-10-15(11-13-17)16-8-7-9-18(14-16)20(4,5)6/h9-14H,7-8H2,1-6H3. The lowest BCUT2D eigenvalue weighted by molar-refractivity contribution is 0.513. The first-order chi connectivity index (χ1) is 9.18. The van der Waals surface area contributed by atoms with Crippen LogP contribution in [0.2, 0.25) is 0 Å². The molecule has 108 valence electrons. The van der Waals surface area contributed by atoms with E-state index >= 15 is 0 Å². The van der Waals surface area contributed by atoms with Crippen molar-refractivity contribution in [3.05, 3.63) is 53.1 Å². The Labute approximate surface area is 124 Å². The lowest BCUT2D eigenvalue weighted by Gasteiger charge is -2.25. The third kappa shape index (κ3) is 3.42. The van der Waals surface area contributed by atoms with Crippen LogP contribution in [0.25, 0.3) is 5.57 Å². The number of hydrogen-bond donors (Lipinski definition) is 0. The summed E-state index contributed by atoms with van der Waals surface area (Å²) in [7, 11) is 0. The van der Waals surface area contributed by atoms with Gasteiger partial charge in [-0.05, 0) is 45.9 Å². The van der Waals surface area contributed by atoms with Crippen LogP contribution in [-0.4, -0.2) is 0 Å². The molecule has 1 aliphatic carbocycles. The van der Waals surface area contributed by atoms with Gasteiger partial charge in [-0.2, -0.15) is 0 Å². The van der Waals surface area contributed by atoms with Gasteiger partial charge in [0.05, 0.1) is 0 Å². The predicted molar refractivity (Wildman–Crippen MR) is 89.9 cm³/mol. The third-order valence-electron chi connectivity index (χ3n) is 4.10. The van der Waals surface area contributed by atoms with Gasteiger partial charge in [0.1, 0.15) is 0 Å². The van der Waals surface area contributed by atoms with Crippen molar-refractivity contribution in [3.63, 3.8) is 0 Å². The molecule has 0 spiro atoms. The monoisotopic (exact) mass is 268 g/mol. The number of hydrogen-bond acceptors (Lipinski definition) is 0. The molecule has 0 aliphatic heterocycles. The fourth-order valence-electron chi connectivity index (χ4n) is 2.64. The summed E-state index contributed by atoms with van der Waals surface area (Å²) in [4.78, 5) is 0. The second-order valence-electron chi connectivity index (χ2n) is 7.95. The van der Waals surface area contributed by atoms with Gasteiger partial charge in [-0.1, -0.05) is 78.0 Å². The van der Waals surface area contributed by atoms with Crippen LogP contribution < -0.4 is 0 Å². The summed E-state index contributed by atoms with van der Waals surface area (Å²) in [6.07, 6.45) is 7.12. The van der Waals surface area contributed by atoms with Crippen LogP contribution in [0.15, 0.2) is 42.0 Å². The van der Waals surface area contributed by atoms with E-state index in [1.54, 1.807) is 0 Å². The maximum absolute atomic E-state index is 2.40. The maximum atomic E-state index is 2.40. The molecule has 0 radical (unpaired) electrons. The molecule has 0 amide bonds. The highest BCUT2D eigenvalue weighted by molar-refractivity contribution is 5.70. The van der Waals surface area contributed by atoms with Gasteiger partial charge < -0.3 is 0 Å². The fraction of sp³-hybridized carbons (Fsp3) is 0.500. The van der Waals surface area contributed by atoms with E-state index < -0.39 is 0 Å². The fourth-order valence-corrected chi connectivity index (χ4v) is 2.64. The molecule has 0 saturated heterocycles. The van der Waals surface area contributed by atoms with Crippen molar-refractivity contribution < 1.29 is 0 Å². The van der Waals surface area contributed by atoms with E-state index in [0.717, 1.165) is 6.42 Å². The Balaban J connectivity index is 2.29. The van der Waals surface area contributed by atoms with E-state index in [-0.39, 0.29) is 10.8 Å². The van der Waals surface area contributed by atoms with Gasteiger partial charge in [0.25, 0.3) is 0 Å². The summed E-state index contributed by atoms with van der Waals surface area (Å²) >= 11 is 0. The molecular weight excluding hydrogens is 240 g/mol. The topological polar surface area (TPSA) is 0 Å². The Hall–Kier alpha value is -1.30. The Morgan fingerprint density at radius 3 is 1.90 bits per heavy atom. The van der Waals surface area contributed by atoms with Crippen molar-refractivity contribution in [1.82, 2.24) is 0 Å². The molecule has 0 bridgehead atoms. The molecular formula is C20H28. The minimum absolute atomic E-state index is 0.232. The normalized spacial score (nSPS) is 16.7. The van der Waals surface area contributed by atoms with Crippen molar-refractivity contribution in [2.75, 3.05) is 0 Å².